The monoisotopic (exact) mass is 366 g/mol. The highest BCUT2D eigenvalue weighted by Gasteiger charge is 2.18. The third-order valence-electron chi connectivity index (χ3n) is 4.91. The molecule has 4 aromatic rings. The van der Waals surface area contributed by atoms with Crippen molar-refractivity contribution < 1.29 is 9.47 Å². The summed E-state index contributed by atoms with van der Waals surface area (Å²) in [4.78, 5) is 15.5. The molecule has 1 aliphatic heterocycles. The Morgan fingerprint density at radius 3 is 2.61 bits per heavy atom. The Morgan fingerprint density at radius 1 is 0.893 bits per heavy atom. The van der Waals surface area contributed by atoms with Crippen molar-refractivity contribution in [2.45, 2.75) is 0 Å². The second-order valence-corrected chi connectivity index (χ2v) is 6.51. The maximum atomic E-state index is 12.7. The number of hydrogen-bond acceptors (Lipinski definition) is 4. The minimum absolute atomic E-state index is 0.0721. The first kappa shape index (κ1) is 16.2. The summed E-state index contributed by atoms with van der Waals surface area (Å²) >= 11 is 0. The fraction of sp³-hybridized carbons (Fsp3) is 0.0435. The Kier molecular flexibility index (Phi) is 3.63. The third-order valence-corrected chi connectivity index (χ3v) is 4.91. The zero-order chi connectivity index (χ0) is 19.1. The summed E-state index contributed by atoms with van der Waals surface area (Å²) < 4.78 is 10.8. The molecule has 0 saturated carbocycles. The number of rotatable bonds is 2. The number of H-pyrrole nitrogens is 1. The van der Waals surface area contributed by atoms with Gasteiger partial charge in [0, 0.05) is 16.8 Å². The van der Waals surface area contributed by atoms with Gasteiger partial charge in [0.05, 0.1) is 0 Å². The molecule has 0 amide bonds. The van der Waals surface area contributed by atoms with Gasteiger partial charge in [0.2, 0.25) is 6.79 Å². The van der Waals surface area contributed by atoms with E-state index in [2.05, 4.69) is 4.98 Å². The Hall–Kier alpha value is -4.04. The van der Waals surface area contributed by atoms with Crippen LogP contribution < -0.4 is 15.0 Å². The standard InChI is InChI=1S/C23H14N2O3/c24-12-19-18(15-8-9-21-22(10-15)28-13-27-21)11-20(25-23(19)26)17-7-3-5-14-4-1-2-6-16(14)17/h1-11H,13H2,(H,25,26). The molecule has 5 rings (SSSR count). The Morgan fingerprint density at radius 2 is 1.71 bits per heavy atom. The lowest BCUT2D eigenvalue weighted by Crippen LogP contribution is -2.12. The minimum Gasteiger partial charge on any atom is -0.454 e. The maximum absolute atomic E-state index is 12.7. The van der Waals surface area contributed by atoms with Gasteiger partial charge in [0.25, 0.3) is 5.56 Å². The lowest BCUT2D eigenvalue weighted by atomic mass is 9.96. The summed E-state index contributed by atoms with van der Waals surface area (Å²) in [5, 5.41) is 11.7. The van der Waals surface area contributed by atoms with Crippen LogP contribution in [-0.4, -0.2) is 11.8 Å². The SMILES string of the molecule is N#Cc1c(-c2ccc3c(c2)OCO3)cc(-c2cccc3ccccc23)[nH]c1=O. The zero-order valence-electron chi connectivity index (χ0n) is 14.7. The van der Waals surface area contributed by atoms with Crippen LogP contribution in [0.5, 0.6) is 11.5 Å². The summed E-state index contributed by atoms with van der Waals surface area (Å²) in [6, 6.07) is 23.2. The summed E-state index contributed by atoms with van der Waals surface area (Å²) in [5.74, 6) is 1.26. The molecule has 1 N–H and O–H groups in total. The number of nitrogens with zero attached hydrogens (tertiary/aromatic N) is 1. The van der Waals surface area contributed by atoms with Crippen LogP contribution in [0.1, 0.15) is 5.56 Å². The largest absolute Gasteiger partial charge is 0.454 e. The quantitative estimate of drug-likeness (QED) is 0.568. The molecule has 1 aliphatic rings. The minimum atomic E-state index is -0.416. The average molecular weight is 366 g/mol. The topological polar surface area (TPSA) is 75.1 Å². The van der Waals surface area contributed by atoms with Crippen LogP contribution in [0.25, 0.3) is 33.2 Å². The molecule has 0 radical (unpaired) electrons. The van der Waals surface area contributed by atoms with Gasteiger partial charge >= 0.3 is 0 Å². The molecule has 0 atom stereocenters. The number of ether oxygens (including phenoxy) is 2. The molecular weight excluding hydrogens is 352 g/mol. The lowest BCUT2D eigenvalue weighted by Gasteiger charge is -2.11. The van der Waals surface area contributed by atoms with E-state index in [0.717, 1.165) is 21.9 Å². The summed E-state index contributed by atoms with van der Waals surface area (Å²) in [6.07, 6.45) is 0. The fourth-order valence-corrected chi connectivity index (χ4v) is 3.57. The van der Waals surface area contributed by atoms with Crippen LogP contribution in [0.2, 0.25) is 0 Å². The number of aromatic nitrogens is 1. The van der Waals surface area contributed by atoms with Crippen LogP contribution in [0.15, 0.2) is 71.5 Å². The van der Waals surface area contributed by atoms with Crippen LogP contribution in [0.3, 0.4) is 0 Å². The zero-order valence-corrected chi connectivity index (χ0v) is 14.7. The van der Waals surface area contributed by atoms with Gasteiger partial charge < -0.3 is 14.5 Å². The molecule has 1 aromatic heterocycles. The predicted molar refractivity (Wildman–Crippen MR) is 106 cm³/mol. The Balaban J connectivity index is 1.76. The highest BCUT2D eigenvalue weighted by Crippen LogP contribution is 2.37. The summed E-state index contributed by atoms with van der Waals surface area (Å²) in [5.41, 5.74) is 2.51. The molecule has 0 unspecified atom stereocenters. The maximum Gasteiger partial charge on any atom is 0.266 e. The second-order valence-electron chi connectivity index (χ2n) is 6.51. The average Bonchev–Trinajstić information content (AvgIpc) is 3.20. The van der Waals surface area contributed by atoms with E-state index in [-0.39, 0.29) is 12.4 Å². The molecule has 0 fully saturated rings. The predicted octanol–water partition coefficient (Wildman–Crippen LogP) is 4.46. The molecule has 28 heavy (non-hydrogen) atoms. The van der Waals surface area contributed by atoms with Gasteiger partial charge in [-0.05, 0) is 34.5 Å². The van der Waals surface area contributed by atoms with Crippen molar-refractivity contribution >= 4 is 10.8 Å². The third kappa shape index (κ3) is 2.51. The van der Waals surface area contributed by atoms with E-state index in [0.29, 0.717) is 22.8 Å². The van der Waals surface area contributed by atoms with E-state index in [9.17, 15) is 10.1 Å². The van der Waals surface area contributed by atoms with E-state index in [1.165, 1.54) is 0 Å². The molecule has 0 bridgehead atoms. The Labute approximate surface area is 160 Å². The molecule has 2 heterocycles. The summed E-state index contributed by atoms with van der Waals surface area (Å²) in [7, 11) is 0. The lowest BCUT2D eigenvalue weighted by molar-refractivity contribution is 0.174. The van der Waals surface area contributed by atoms with Crippen molar-refractivity contribution in [3.05, 3.63) is 82.6 Å². The van der Waals surface area contributed by atoms with E-state index in [4.69, 9.17) is 9.47 Å². The number of hydrogen-bond donors (Lipinski definition) is 1. The van der Waals surface area contributed by atoms with Gasteiger partial charge in [-0.3, -0.25) is 4.79 Å². The molecule has 5 heteroatoms. The van der Waals surface area contributed by atoms with Gasteiger partial charge in [0.15, 0.2) is 11.5 Å². The van der Waals surface area contributed by atoms with Crippen LogP contribution in [0, 0.1) is 11.3 Å². The van der Waals surface area contributed by atoms with E-state index >= 15 is 0 Å². The fourth-order valence-electron chi connectivity index (χ4n) is 3.57. The van der Waals surface area contributed by atoms with Crippen molar-refractivity contribution in [2.24, 2.45) is 0 Å². The number of aromatic amines is 1. The first-order valence-electron chi connectivity index (χ1n) is 8.80. The number of nitriles is 1. The van der Waals surface area contributed by atoms with Gasteiger partial charge in [-0.2, -0.15) is 5.26 Å². The van der Waals surface area contributed by atoms with Crippen molar-refractivity contribution in [3.63, 3.8) is 0 Å². The molecule has 3 aromatic carbocycles. The molecule has 0 spiro atoms. The highest BCUT2D eigenvalue weighted by atomic mass is 16.7. The van der Waals surface area contributed by atoms with Crippen LogP contribution in [-0.2, 0) is 0 Å². The van der Waals surface area contributed by atoms with E-state index < -0.39 is 5.56 Å². The van der Waals surface area contributed by atoms with Crippen molar-refractivity contribution in [1.82, 2.24) is 4.98 Å². The smallest absolute Gasteiger partial charge is 0.266 e. The first-order valence-corrected chi connectivity index (χ1v) is 8.80. The van der Waals surface area contributed by atoms with E-state index in [1.807, 2.05) is 60.7 Å². The number of pyridine rings is 1. The number of fused-ring (bicyclic) bond motifs is 2. The molecule has 134 valence electrons. The van der Waals surface area contributed by atoms with Crippen molar-refractivity contribution in [3.8, 4) is 40.0 Å². The second kappa shape index (κ2) is 6.29. The molecular formula is C23H14N2O3. The number of nitrogens with one attached hydrogen (secondary N) is 1. The van der Waals surface area contributed by atoms with Gasteiger partial charge in [-0.1, -0.05) is 48.5 Å². The van der Waals surface area contributed by atoms with Gasteiger partial charge in [0.1, 0.15) is 11.6 Å². The van der Waals surface area contributed by atoms with Crippen LogP contribution >= 0.6 is 0 Å². The van der Waals surface area contributed by atoms with Crippen molar-refractivity contribution in [2.75, 3.05) is 6.79 Å². The number of benzene rings is 3. The normalized spacial score (nSPS) is 12.1. The van der Waals surface area contributed by atoms with Gasteiger partial charge in [-0.15, -0.1) is 0 Å². The molecule has 0 saturated heterocycles. The first-order chi connectivity index (χ1) is 13.7. The molecule has 0 aliphatic carbocycles. The van der Waals surface area contributed by atoms with Crippen molar-refractivity contribution in [1.29, 1.82) is 5.26 Å². The summed E-state index contributed by atoms with van der Waals surface area (Å²) in [6.45, 7) is 0.167. The van der Waals surface area contributed by atoms with Crippen LogP contribution in [0.4, 0.5) is 0 Å². The Bertz CT molecular complexity index is 1330. The van der Waals surface area contributed by atoms with Gasteiger partial charge in [-0.25, -0.2) is 0 Å². The van der Waals surface area contributed by atoms with E-state index in [1.54, 1.807) is 12.1 Å². The highest BCUT2D eigenvalue weighted by molar-refractivity contribution is 5.96. The molecule has 5 nitrogen and oxygen atoms in total.